The summed E-state index contributed by atoms with van der Waals surface area (Å²) in [6.07, 6.45) is -0.664. The van der Waals surface area contributed by atoms with Crippen molar-refractivity contribution in [3.8, 4) is 0 Å². The van der Waals surface area contributed by atoms with Crippen molar-refractivity contribution in [3.63, 3.8) is 0 Å². The molecule has 0 aromatic heterocycles. The molecule has 0 amide bonds. The van der Waals surface area contributed by atoms with Crippen LogP contribution in [-0.2, 0) is 30.2 Å². The second-order valence-electron chi connectivity index (χ2n) is 5.05. The molecule has 2 aromatic carbocycles. The Morgan fingerprint density at radius 2 is 1.65 bits per heavy atom. The van der Waals surface area contributed by atoms with Crippen LogP contribution in [-0.4, -0.2) is 39.6 Å². The highest BCUT2D eigenvalue weighted by atomic mass is 32.3. The highest BCUT2D eigenvalue weighted by Gasteiger charge is 2.18. The van der Waals surface area contributed by atoms with Crippen molar-refractivity contribution in [2.45, 2.75) is 16.1 Å². The summed E-state index contributed by atoms with van der Waals surface area (Å²) in [7, 11) is -2.17. The summed E-state index contributed by atoms with van der Waals surface area (Å²) in [5.41, 5.74) is -0.0850. The van der Waals surface area contributed by atoms with Crippen LogP contribution in [0.15, 0.2) is 68.2 Å². The van der Waals surface area contributed by atoms with E-state index in [1.54, 1.807) is 18.2 Å². The lowest BCUT2D eigenvalue weighted by atomic mass is 10.3. The molecule has 0 aliphatic heterocycles. The lowest BCUT2D eigenvalue weighted by Crippen LogP contribution is -2.22. The largest absolute Gasteiger partial charge is 0.355 e. The van der Waals surface area contributed by atoms with E-state index >= 15 is 0 Å². The van der Waals surface area contributed by atoms with Crippen molar-refractivity contribution >= 4 is 26.4 Å². The van der Waals surface area contributed by atoms with Crippen molar-refractivity contribution in [2.75, 3.05) is 20.0 Å². The minimum atomic E-state index is -3.90. The van der Waals surface area contributed by atoms with Crippen LogP contribution in [0.4, 0.5) is 5.69 Å². The average molecular weight is 398 g/mol. The van der Waals surface area contributed by atoms with Crippen LogP contribution >= 0.6 is 0 Å². The van der Waals surface area contributed by atoms with Gasteiger partial charge in [-0.3, -0.25) is 10.1 Å². The standard InChI is InChI=1S/C16H18N2O6S2/c1-23-16(24-2)12-25(14-10-8-13(9-11-14)18(19)20)17-26(21,22)15-6-4-3-5-7-15/h3-11,16H,12H2,1-2H3/t25-/m1/s1. The molecule has 0 N–H and O–H groups in total. The minimum absolute atomic E-state index is 0.0748. The third-order valence-electron chi connectivity index (χ3n) is 3.37. The predicted molar refractivity (Wildman–Crippen MR) is 97.5 cm³/mol. The van der Waals surface area contributed by atoms with E-state index in [-0.39, 0.29) is 16.3 Å². The second-order valence-corrected chi connectivity index (χ2v) is 8.60. The molecular weight excluding hydrogens is 380 g/mol. The Morgan fingerprint density at radius 3 is 2.15 bits per heavy atom. The first-order chi connectivity index (χ1) is 12.4. The van der Waals surface area contributed by atoms with E-state index in [1.807, 2.05) is 0 Å². The molecule has 0 bridgehead atoms. The molecule has 140 valence electrons. The zero-order valence-electron chi connectivity index (χ0n) is 14.1. The van der Waals surface area contributed by atoms with Crippen LogP contribution < -0.4 is 0 Å². The summed E-state index contributed by atoms with van der Waals surface area (Å²) in [5, 5.41) is 10.8. The summed E-state index contributed by atoms with van der Waals surface area (Å²) >= 11 is 0. The number of nitro benzene ring substituents is 1. The number of nitro groups is 1. The average Bonchev–Trinajstić information content (AvgIpc) is 2.65. The highest BCUT2D eigenvalue weighted by Crippen LogP contribution is 2.21. The molecule has 0 aliphatic carbocycles. The Bertz CT molecular complexity index is 879. The summed E-state index contributed by atoms with van der Waals surface area (Å²) < 4.78 is 39.5. The third-order valence-corrected chi connectivity index (χ3v) is 7.15. The van der Waals surface area contributed by atoms with E-state index in [4.69, 9.17) is 9.47 Å². The lowest BCUT2D eigenvalue weighted by Gasteiger charge is -2.16. The minimum Gasteiger partial charge on any atom is -0.355 e. The van der Waals surface area contributed by atoms with Gasteiger partial charge in [-0.15, -0.1) is 3.77 Å². The molecule has 0 spiro atoms. The first-order valence-electron chi connectivity index (χ1n) is 7.41. The molecule has 2 aromatic rings. The Kier molecular flexibility index (Phi) is 6.98. The maximum atomic E-state index is 12.6. The molecule has 10 heteroatoms. The number of non-ortho nitro benzene ring substituents is 1. The van der Waals surface area contributed by atoms with Gasteiger partial charge in [-0.25, -0.2) is 0 Å². The molecule has 0 saturated carbocycles. The SMILES string of the molecule is COC(C[S@@](=NS(=O)(=O)c1ccccc1)c1ccc([N+](=O)[O-])cc1)OC. The number of hydrogen-bond acceptors (Lipinski definition) is 6. The van der Waals surface area contributed by atoms with E-state index in [0.717, 1.165) is 0 Å². The van der Waals surface area contributed by atoms with Crippen LogP contribution in [0, 0.1) is 10.1 Å². The molecule has 0 radical (unpaired) electrons. The van der Waals surface area contributed by atoms with E-state index in [1.165, 1.54) is 50.6 Å². The van der Waals surface area contributed by atoms with E-state index < -0.39 is 31.9 Å². The fourth-order valence-electron chi connectivity index (χ4n) is 2.01. The molecular formula is C16H18N2O6S2. The first kappa shape index (κ1) is 20.2. The van der Waals surface area contributed by atoms with Crippen LogP contribution in [0.3, 0.4) is 0 Å². The third kappa shape index (κ3) is 5.18. The van der Waals surface area contributed by atoms with Gasteiger partial charge < -0.3 is 9.47 Å². The summed E-state index contributed by atoms with van der Waals surface area (Å²) in [5.74, 6) is 0.164. The van der Waals surface area contributed by atoms with E-state index in [9.17, 15) is 18.5 Å². The Hall–Kier alpha value is -2.14. The van der Waals surface area contributed by atoms with Crippen LogP contribution in [0.2, 0.25) is 0 Å². The van der Waals surface area contributed by atoms with Gasteiger partial charge in [-0.05, 0) is 35.0 Å². The topological polar surface area (TPSA) is 108 Å². The monoisotopic (exact) mass is 398 g/mol. The molecule has 0 unspecified atom stereocenters. The quantitative estimate of drug-likeness (QED) is 0.384. The van der Waals surface area contributed by atoms with Gasteiger partial charge in [-0.2, -0.15) is 8.42 Å². The Labute approximate surface area is 154 Å². The second kappa shape index (κ2) is 8.99. The molecule has 0 fully saturated rings. The number of sulfonamides is 1. The Morgan fingerprint density at radius 1 is 1.08 bits per heavy atom. The summed E-state index contributed by atoms with van der Waals surface area (Å²) in [6, 6.07) is 13.5. The van der Waals surface area contributed by atoms with Crippen molar-refractivity contribution in [3.05, 3.63) is 64.7 Å². The smallest absolute Gasteiger partial charge is 0.288 e. The molecule has 0 saturated heterocycles. The van der Waals surface area contributed by atoms with Gasteiger partial charge in [-0.1, -0.05) is 18.2 Å². The molecule has 0 aliphatic rings. The van der Waals surface area contributed by atoms with Gasteiger partial charge in [0, 0.05) is 31.2 Å². The lowest BCUT2D eigenvalue weighted by molar-refractivity contribution is -0.384. The number of nitrogens with zero attached hydrogens (tertiary/aromatic N) is 2. The van der Waals surface area contributed by atoms with Gasteiger partial charge in [0.25, 0.3) is 15.7 Å². The fourth-order valence-corrected chi connectivity index (χ4v) is 5.56. The van der Waals surface area contributed by atoms with Crippen molar-refractivity contribution in [2.24, 2.45) is 3.77 Å². The zero-order chi connectivity index (χ0) is 19.2. The number of rotatable bonds is 8. The first-order valence-corrected chi connectivity index (χ1v) is 10.2. The van der Waals surface area contributed by atoms with Crippen molar-refractivity contribution in [1.82, 2.24) is 0 Å². The predicted octanol–water partition coefficient (Wildman–Crippen LogP) is 2.76. The molecule has 0 heterocycles. The van der Waals surface area contributed by atoms with Gasteiger partial charge in [0.05, 0.1) is 15.6 Å². The maximum absolute atomic E-state index is 12.6. The van der Waals surface area contributed by atoms with Crippen LogP contribution in [0.5, 0.6) is 0 Å². The van der Waals surface area contributed by atoms with Gasteiger partial charge in [0.1, 0.15) is 0 Å². The maximum Gasteiger partial charge on any atom is 0.288 e. The van der Waals surface area contributed by atoms with E-state index in [2.05, 4.69) is 3.77 Å². The van der Waals surface area contributed by atoms with Crippen LogP contribution in [0.25, 0.3) is 0 Å². The Balaban J connectivity index is 2.48. The molecule has 1 atom stereocenters. The molecule has 2 rings (SSSR count). The summed E-state index contributed by atoms with van der Waals surface area (Å²) in [6.45, 7) is 0. The number of ether oxygens (including phenoxy) is 2. The highest BCUT2D eigenvalue weighted by molar-refractivity contribution is 8.00. The zero-order valence-corrected chi connectivity index (χ0v) is 15.8. The van der Waals surface area contributed by atoms with Gasteiger partial charge in [0.2, 0.25) is 0 Å². The van der Waals surface area contributed by atoms with E-state index in [0.29, 0.717) is 4.90 Å². The molecule has 8 nitrogen and oxygen atoms in total. The number of methoxy groups -OCH3 is 2. The van der Waals surface area contributed by atoms with Gasteiger partial charge in [0.15, 0.2) is 6.29 Å². The fraction of sp³-hybridized carbons (Fsp3) is 0.250. The van der Waals surface area contributed by atoms with Crippen molar-refractivity contribution < 1.29 is 22.8 Å². The molecule has 26 heavy (non-hydrogen) atoms. The number of benzene rings is 2. The number of hydrogen-bond donors (Lipinski definition) is 0. The summed E-state index contributed by atoms with van der Waals surface area (Å²) in [4.78, 5) is 10.9. The van der Waals surface area contributed by atoms with Crippen molar-refractivity contribution in [1.29, 1.82) is 0 Å². The normalized spacial score (nSPS) is 13.0. The van der Waals surface area contributed by atoms with Gasteiger partial charge >= 0.3 is 0 Å². The van der Waals surface area contributed by atoms with Crippen LogP contribution in [0.1, 0.15) is 0 Å².